The van der Waals surface area contributed by atoms with Crippen molar-refractivity contribution >= 4 is 5.82 Å². The lowest BCUT2D eigenvalue weighted by Crippen LogP contribution is -2.38. The third-order valence-electron chi connectivity index (χ3n) is 4.92. The summed E-state index contributed by atoms with van der Waals surface area (Å²) in [5.74, 6) is 1.24. The third-order valence-corrected chi connectivity index (χ3v) is 4.92. The minimum absolute atomic E-state index is 0.237. The number of piperidine rings is 1. The van der Waals surface area contributed by atoms with Gasteiger partial charge in [-0.25, -0.2) is 4.98 Å². The molecule has 1 saturated heterocycles. The standard InChI is InChI=1S/C17H23N3O/c1-12(21)13-6-8-20(9-7-13)17-15(11-18)10-14-4-2-3-5-16(14)19-17/h10,12-13,21H,2-9H2,1H3. The number of fused-ring (bicyclic) bond motifs is 1. The van der Waals surface area contributed by atoms with Crippen LogP contribution >= 0.6 is 0 Å². The van der Waals surface area contributed by atoms with Crippen LogP contribution in [-0.4, -0.2) is 29.3 Å². The highest BCUT2D eigenvalue weighted by atomic mass is 16.3. The Morgan fingerprint density at radius 2 is 2.05 bits per heavy atom. The van der Waals surface area contributed by atoms with Crippen molar-refractivity contribution in [3.05, 3.63) is 22.9 Å². The number of hydrogen-bond donors (Lipinski definition) is 1. The fraction of sp³-hybridized carbons (Fsp3) is 0.647. The molecule has 21 heavy (non-hydrogen) atoms. The number of rotatable bonds is 2. The highest BCUT2D eigenvalue weighted by Gasteiger charge is 2.26. The molecule has 1 atom stereocenters. The Labute approximate surface area is 126 Å². The van der Waals surface area contributed by atoms with E-state index in [0.29, 0.717) is 11.5 Å². The molecule has 0 radical (unpaired) electrons. The number of hydrogen-bond acceptors (Lipinski definition) is 4. The molecular formula is C17H23N3O. The monoisotopic (exact) mass is 285 g/mol. The molecule has 1 fully saturated rings. The lowest BCUT2D eigenvalue weighted by atomic mass is 9.91. The Kier molecular flexibility index (Phi) is 4.12. The maximum Gasteiger partial charge on any atom is 0.146 e. The zero-order valence-electron chi connectivity index (χ0n) is 12.7. The summed E-state index contributed by atoms with van der Waals surface area (Å²) in [6, 6.07) is 4.38. The van der Waals surface area contributed by atoms with E-state index in [-0.39, 0.29) is 6.10 Å². The molecule has 3 rings (SSSR count). The smallest absolute Gasteiger partial charge is 0.146 e. The van der Waals surface area contributed by atoms with Crippen molar-refractivity contribution in [2.24, 2.45) is 5.92 Å². The lowest BCUT2D eigenvalue weighted by Gasteiger charge is -2.35. The zero-order valence-corrected chi connectivity index (χ0v) is 12.7. The van der Waals surface area contributed by atoms with E-state index in [1.165, 1.54) is 24.1 Å². The highest BCUT2D eigenvalue weighted by Crippen LogP contribution is 2.30. The fourth-order valence-corrected chi connectivity index (χ4v) is 3.54. The zero-order chi connectivity index (χ0) is 14.8. The van der Waals surface area contributed by atoms with Gasteiger partial charge < -0.3 is 10.0 Å². The van der Waals surface area contributed by atoms with Gasteiger partial charge in [-0.2, -0.15) is 5.26 Å². The minimum Gasteiger partial charge on any atom is -0.393 e. The summed E-state index contributed by atoms with van der Waals surface area (Å²) < 4.78 is 0. The van der Waals surface area contributed by atoms with Gasteiger partial charge in [0.25, 0.3) is 0 Å². The molecule has 4 nitrogen and oxygen atoms in total. The highest BCUT2D eigenvalue weighted by molar-refractivity contribution is 5.56. The molecule has 4 heteroatoms. The summed E-state index contributed by atoms with van der Waals surface area (Å²) in [6.45, 7) is 3.64. The fourth-order valence-electron chi connectivity index (χ4n) is 3.54. The third kappa shape index (κ3) is 2.89. The molecule has 112 valence electrons. The molecule has 1 unspecified atom stereocenters. The molecule has 1 aliphatic carbocycles. The van der Waals surface area contributed by atoms with Gasteiger partial charge in [-0.05, 0) is 63.0 Å². The first-order chi connectivity index (χ1) is 10.2. The predicted molar refractivity (Wildman–Crippen MR) is 82.2 cm³/mol. The van der Waals surface area contributed by atoms with E-state index in [4.69, 9.17) is 4.98 Å². The molecule has 2 aliphatic rings. The molecule has 0 amide bonds. The second-order valence-electron chi connectivity index (χ2n) is 6.35. The largest absolute Gasteiger partial charge is 0.393 e. The summed E-state index contributed by atoms with van der Waals surface area (Å²) in [7, 11) is 0. The van der Waals surface area contributed by atoms with Crippen LogP contribution in [0.15, 0.2) is 6.07 Å². The van der Waals surface area contributed by atoms with Crippen molar-refractivity contribution < 1.29 is 5.11 Å². The topological polar surface area (TPSA) is 60.1 Å². The molecule has 0 saturated carbocycles. The van der Waals surface area contributed by atoms with Crippen LogP contribution in [0.4, 0.5) is 5.82 Å². The molecule has 2 heterocycles. The van der Waals surface area contributed by atoms with Crippen LogP contribution in [0.5, 0.6) is 0 Å². The number of nitriles is 1. The number of aryl methyl sites for hydroxylation is 2. The summed E-state index contributed by atoms with van der Waals surface area (Å²) >= 11 is 0. The summed E-state index contributed by atoms with van der Waals surface area (Å²) in [5.41, 5.74) is 3.17. The number of aromatic nitrogens is 1. The van der Waals surface area contributed by atoms with Gasteiger partial charge in [0, 0.05) is 18.8 Å². The van der Waals surface area contributed by atoms with Crippen molar-refractivity contribution in [3.8, 4) is 6.07 Å². The van der Waals surface area contributed by atoms with Crippen molar-refractivity contribution in [2.75, 3.05) is 18.0 Å². The number of anilines is 1. The maximum atomic E-state index is 9.71. The van der Waals surface area contributed by atoms with E-state index in [0.717, 1.165) is 44.6 Å². The number of aliphatic hydroxyl groups excluding tert-OH is 1. The van der Waals surface area contributed by atoms with E-state index in [9.17, 15) is 10.4 Å². The van der Waals surface area contributed by atoms with E-state index in [1.54, 1.807) is 0 Å². The first-order valence-corrected chi connectivity index (χ1v) is 8.05. The van der Waals surface area contributed by atoms with Gasteiger partial charge in [0.05, 0.1) is 11.7 Å². The predicted octanol–water partition coefficient (Wildman–Crippen LogP) is 2.43. The summed E-state index contributed by atoms with van der Waals surface area (Å²) in [6.07, 6.45) is 6.22. The van der Waals surface area contributed by atoms with Gasteiger partial charge in [0.1, 0.15) is 11.9 Å². The van der Waals surface area contributed by atoms with Crippen LogP contribution in [-0.2, 0) is 12.8 Å². The molecule has 1 N–H and O–H groups in total. The minimum atomic E-state index is -0.237. The molecule has 0 bridgehead atoms. The van der Waals surface area contributed by atoms with E-state index in [2.05, 4.69) is 17.0 Å². The number of nitrogens with zero attached hydrogens (tertiary/aromatic N) is 3. The van der Waals surface area contributed by atoms with E-state index in [1.807, 2.05) is 6.92 Å². The van der Waals surface area contributed by atoms with Crippen LogP contribution in [0.2, 0.25) is 0 Å². The Hall–Kier alpha value is -1.60. The van der Waals surface area contributed by atoms with Gasteiger partial charge in [-0.3, -0.25) is 0 Å². The molecular weight excluding hydrogens is 262 g/mol. The Balaban J connectivity index is 1.84. The number of pyridine rings is 1. The molecule has 1 aliphatic heterocycles. The average molecular weight is 285 g/mol. The van der Waals surface area contributed by atoms with Crippen molar-refractivity contribution in [1.82, 2.24) is 4.98 Å². The van der Waals surface area contributed by atoms with Crippen LogP contribution in [0.3, 0.4) is 0 Å². The summed E-state index contributed by atoms with van der Waals surface area (Å²) in [5, 5.41) is 19.1. The average Bonchev–Trinajstić information content (AvgIpc) is 2.53. The lowest BCUT2D eigenvalue weighted by molar-refractivity contribution is 0.110. The molecule has 0 aromatic carbocycles. The Morgan fingerprint density at radius 3 is 2.71 bits per heavy atom. The first-order valence-electron chi connectivity index (χ1n) is 8.05. The molecule has 1 aromatic heterocycles. The Bertz CT molecular complexity index is 554. The number of aliphatic hydroxyl groups is 1. The Morgan fingerprint density at radius 1 is 1.33 bits per heavy atom. The molecule has 0 spiro atoms. The van der Waals surface area contributed by atoms with Crippen LogP contribution in [0, 0.1) is 17.2 Å². The van der Waals surface area contributed by atoms with Crippen LogP contribution < -0.4 is 4.90 Å². The first kappa shape index (κ1) is 14.3. The van der Waals surface area contributed by atoms with Crippen molar-refractivity contribution in [2.45, 2.75) is 51.6 Å². The van der Waals surface area contributed by atoms with Crippen LogP contribution in [0.25, 0.3) is 0 Å². The van der Waals surface area contributed by atoms with Gasteiger partial charge in [-0.1, -0.05) is 0 Å². The van der Waals surface area contributed by atoms with Crippen molar-refractivity contribution in [3.63, 3.8) is 0 Å². The second-order valence-corrected chi connectivity index (χ2v) is 6.35. The van der Waals surface area contributed by atoms with Gasteiger partial charge in [0.15, 0.2) is 0 Å². The van der Waals surface area contributed by atoms with E-state index < -0.39 is 0 Å². The quantitative estimate of drug-likeness (QED) is 0.906. The van der Waals surface area contributed by atoms with Gasteiger partial charge >= 0.3 is 0 Å². The SMILES string of the molecule is CC(O)C1CCN(c2nc3c(cc2C#N)CCCC3)CC1. The molecule has 1 aromatic rings. The van der Waals surface area contributed by atoms with Gasteiger partial charge in [-0.15, -0.1) is 0 Å². The van der Waals surface area contributed by atoms with Crippen LogP contribution in [0.1, 0.15) is 49.4 Å². The van der Waals surface area contributed by atoms with Crippen molar-refractivity contribution in [1.29, 1.82) is 5.26 Å². The van der Waals surface area contributed by atoms with Gasteiger partial charge in [0.2, 0.25) is 0 Å². The second kappa shape index (κ2) is 6.03. The maximum absolute atomic E-state index is 9.71. The van der Waals surface area contributed by atoms with E-state index >= 15 is 0 Å². The normalized spacial score (nSPS) is 20.7. The summed E-state index contributed by atoms with van der Waals surface area (Å²) in [4.78, 5) is 7.05.